The highest BCUT2D eigenvalue weighted by Gasteiger charge is 1.99. The fourth-order valence-corrected chi connectivity index (χ4v) is 1.99. The number of hydrogen-bond donors (Lipinski definition) is 1. The van der Waals surface area contributed by atoms with E-state index < -0.39 is 0 Å². The van der Waals surface area contributed by atoms with Crippen LogP contribution >= 0.6 is 0 Å². The molecule has 1 aromatic heterocycles. The highest BCUT2D eigenvalue weighted by molar-refractivity contribution is 5.47. The number of benzene rings is 2. The van der Waals surface area contributed by atoms with Gasteiger partial charge in [0.15, 0.2) is 0 Å². The van der Waals surface area contributed by atoms with E-state index in [1.54, 1.807) is 18.3 Å². The largest absolute Gasteiger partial charge is 0.457 e. The molecule has 110 valence electrons. The fourth-order valence-electron chi connectivity index (χ4n) is 1.99. The number of hydrogen-bond acceptors (Lipinski definition) is 3. The van der Waals surface area contributed by atoms with Gasteiger partial charge in [0.25, 0.3) is 0 Å². The number of pyridine rings is 1. The van der Waals surface area contributed by atoms with Gasteiger partial charge in [-0.2, -0.15) is 0 Å². The Morgan fingerprint density at radius 2 is 1.59 bits per heavy atom. The second kappa shape index (κ2) is 6.72. The minimum atomic E-state index is -0.276. The van der Waals surface area contributed by atoms with Gasteiger partial charge in [0.2, 0.25) is 0 Å². The van der Waals surface area contributed by atoms with Crippen molar-refractivity contribution in [1.82, 2.24) is 4.98 Å². The molecule has 0 saturated carbocycles. The predicted octanol–water partition coefficient (Wildman–Crippen LogP) is 4.63. The van der Waals surface area contributed by atoms with Gasteiger partial charge in [-0.3, -0.25) is 4.98 Å². The summed E-state index contributed by atoms with van der Waals surface area (Å²) in [7, 11) is 0. The smallest absolute Gasteiger partial charge is 0.127 e. The van der Waals surface area contributed by atoms with Crippen LogP contribution in [0.25, 0.3) is 0 Å². The molecule has 0 aliphatic carbocycles. The summed E-state index contributed by atoms with van der Waals surface area (Å²) in [6.45, 7) is 0.714. The number of nitrogens with zero attached hydrogens (tertiary/aromatic N) is 1. The normalized spacial score (nSPS) is 10.2. The molecule has 0 fully saturated rings. The molecule has 0 bridgehead atoms. The highest BCUT2D eigenvalue weighted by atomic mass is 19.1. The summed E-state index contributed by atoms with van der Waals surface area (Å²) < 4.78 is 18.5. The van der Waals surface area contributed by atoms with Crippen LogP contribution in [-0.4, -0.2) is 4.98 Å². The van der Waals surface area contributed by atoms with E-state index in [9.17, 15) is 4.39 Å². The minimum absolute atomic E-state index is 0.276. The summed E-state index contributed by atoms with van der Waals surface area (Å²) in [6, 6.07) is 17.5. The maximum atomic E-state index is 12.8. The Balaban J connectivity index is 1.59. The molecule has 0 atom stereocenters. The van der Waals surface area contributed by atoms with Crippen molar-refractivity contribution < 1.29 is 9.13 Å². The molecule has 0 aliphatic heterocycles. The molecule has 0 unspecified atom stereocenters. The number of nitrogens with one attached hydrogen (secondary N) is 1. The van der Waals surface area contributed by atoms with Crippen molar-refractivity contribution in [3.63, 3.8) is 0 Å². The highest BCUT2D eigenvalue weighted by Crippen LogP contribution is 2.23. The molecule has 1 heterocycles. The monoisotopic (exact) mass is 294 g/mol. The number of halogens is 1. The van der Waals surface area contributed by atoms with E-state index in [1.165, 1.54) is 12.1 Å². The Bertz CT molecular complexity index is 712. The third kappa shape index (κ3) is 3.82. The van der Waals surface area contributed by atoms with Crippen molar-refractivity contribution in [2.45, 2.75) is 6.54 Å². The van der Waals surface area contributed by atoms with Gasteiger partial charge in [0.1, 0.15) is 17.3 Å². The summed E-state index contributed by atoms with van der Waals surface area (Å²) in [5.41, 5.74) is 2.12. The number of anilines is 1. The first-order valence-corrected chi connectivity index (χ1v) is 6.96. The molecule has 2 aromatic carbocycles. The van der Waals surface area contributed by atoms with E-state index in [2.05, 4.69) is 10.3 Å². The first-order valence-electron chi connectivity index (χ1n) is 6.96. The lowest BCUT2D eigenvalue weighted by Gasteiger charge is -2.09. The molecule has 4 heteroatoms. The lowest BCUT2D eigenvalue weighted by molar-refractivity contribution is 0.480. The van der Waals surface area contributed by atoms with Crippen molar-refractivity contribution in [3.05, 3.63) is 84.4 Å². The zero-order valence-corrected chi connectivity index (χ0v) is 11.9. The Kier molecular flexibility index (Phi) is 4.30. The Morgan fingerprint density at radius 1 is 0.909 bits per heavy atom. The number of ether oxygens (including phenoxy) is 1. The fraction of sp³-hybridized carbons (Fsp3) is 0.0556. The molecule has 0 aliphatic rings. The third-order valence-corrected chi connectivity index (χ3v) is 3.12. The van der Waals surface area contributed by atoms with Gasteiger partial charge in [-0.25, -0.2) is 4.39 Å². The average molecular weight is 294 g/mol. The lowest BCUT2D eigenvalue weighted by atomic mass is 10.2. The van der Waals surface area contributed by atoms with Gasteiger partial charge in [0.05, 0.1) is 0 Å². The Hall–Kier alpha value is -2.88. The second-order valence-corrected chi connectivity index (χ2v) is 4.80. The maximum absolute atomic E-state index is 12.8. The second-order valence-electron chi connectivity index (χ2n) is 4.80. The summed E-state index contributed by atoms with van der Waals surface area (Å²) in [5, 5.41) is 3.31. The standard InChI is InChI=1S/C18H15FN2O/c19-15-3-7-17(8-4-15)22-18-9-5-16(6-10-18)21-13-14-2-1-11-20-12-14/h1-12,21H,13H2. The van der Waals surface area contributed by atoms with Crippen molar-refractivity contribution in [3.8, 4) is 11.5 Å². The topological polar surface area (TPSA) is 34.1 Å². The van der Waals surface area contributed by atoms with E-state index in [1.807, 2.05) is 42.6 Å². The van der Waals surface area contributed by atoms with Crippen molar-refractivity contribution in [1.29, 1.82) is 0 Å². The van der Waals surface area contributed by atoms with Crippen LogP contribution in [0.3, 0.4) is 0 Å². The van der Waals surface area contributed by atoms with E-state index in [0.29, 0.717) is 18.0 Å². The van der Waals surface area contributed by atoms with Crippen LogP contribution in [0.15, 0.2) is 73.1 Å². The Labute approximate surface area is 128 Å². The van der Waals surface area contributed by atoms with E-state index in [-0.39, 0.29) is 5.82 Å². The number of rotatable bonds is 5. The van der Waals surface area contributed by atoms with Crippen LogP contribution in [0.4, 0.5) is 10.1 Å². The van der Waals surface area contributed by atoms with Gasteiger partial charge in [-0.05, 0) is 60.2 Å². The van der Waals surface area contributed by atoms with Crippen molar-refractivity contribution in [2.75, 3.05) is 5.32 Å². The minimum Gasteiger partial charge on any atom is -0.457 e. The average Bonchev–Trinajstić information content (AvgIpc) is 2.57. The number of aromatic nitrogens is 1. The first kappa shape index (κ1) is 14.1. The molecule has 22 heavy (non-hydrogen) atoms. The Morgan fingerprint density at radius 3 is 2.23 bits per heavy atom. The SMILES string of the molecule is Fc1ccc(Oc2ccc(NCc3cccnc3)cc2)cc1. The van der Waals surface area contributed by atoms with Crippen LogP contribution in [0.5, 0.6) is 11.5 Å². The molecule has 1 N–H and O–H groups in total. The molecule has 0 radical (unpaired) electrons. The predicted molar refractivity (Wildman–Crippen MR) is 84.5 cm³/mol. The lowest BCUT2D eigenvalue weighted by Crippen LogP contribution is -1.99. The maximum Gasteiger partial charge on any atom is 0.127 e. The van der Waals surface area contributed by atoms with Gasteiger partial charge >= 0.3 is 0 Å². The molecule has 0 amide bonds. The van der Waals surface area contributed by atoms with Crippen molar-refractivity contribution >= 4 is 5.69 Å². The molecule has 3 aromatic rings. The summed E-state index contributed by atoms with van der Waals surface area (Å²) in [5.74, 6) is 1.04. The molecule has 0 spiro atoms. The van der Waals surface area contributed by atoms with Crippen LogP contribution < -0.4 is 10.1 Å². The van der Waals surface area contributed by atoms with Gasteiger partial charge < -0.3 is 10.1 Å². The summed E-state index contributed by atoms with van der Waals surface area (Å²) >= 11 is 0. The quantitative estimate of drug-likeness (QED) is 0.745. The molecule has 3 nitrogen and oxygen atoms in total. The van der Waals surface area contributed by atoms with Crippen LogP contribution in [0, 0.1) is 5.82 Å². The van der Waals surface area contributed by atoms with Gasteiger partial charge in [0, 0.05) is 24.6 Å². The molecule has 3 rings (SSSR count). The molecular weight excluding hydrogens is 279 g/mol. The molecular formula is C18H15FN2O. The van der Waals surface area contributed by atoms with E-state index >= 15 is 0 Å². The summed E-state index contributed by atoms with van der Waals surface area (Å²) in [4.78, 5) is 4.08. The van der Waals surface area contributed by atoms with E-state index in [0.717, 1.165) is 11.3 Å². The first-order chi connectivity index (χ1) is 10.8. The zero-order chi connectivity index (χ0) is 15.2. The van der Waals surface area contributed by atoms with Crippen LogP contribution in [-0.2, 0) is 6.54 Å². The third-order valence-electron chi connectivity index (χ3n) is 3.12. The summed E-state index contributed by atoms with van der Waals surface area (Å²) in [6.07, 6.45) is 3.59. The van der Waals surface area contributed by atoms with Crippen LogP contribution in [0.2, 0.25) is 0 Å². The van der Waals surface area contributed by atoms with Gasteiger partial charge in [-0.1, -0.05) is 6.07 Å². The zero-order valence-electron chi connectivity index (χ0n) is 11.9. The van der Waals surface area contributed by atoms with Crippen LogP contribution in [0.1, 0.15) is 5.56 Å². The van der Waals surface area contributed by atoms with Crippen molar-refractivity contribution in [2.24, 2.45) is 0 Å². The van der Waals surface area contributed by atoms with Gasteiger partial charge in [-0.15, -0.1) is 0 Å². The van der Waals surface area contributed by atoms with E-state index in [4.69, 9.17) is 4.74 Å². The molecule has 0 saturated heterocycles.